The molecule has 0 fully saturated rings. The Bertz CT molecular complexity index is 531. The molecule has 0 spiro atoms. The summed E-state index contributed by atoms with van der Waals surface area (Å²) in [6, 6.07) is 8.20. The van der Waals surface area contributed by atoms with Gasteiger partial charge in [0.25, 0.3) is 0 Å². The van der Waals surface area contributed by atoms with E-state index in [1.165, 1.54) is 25.3 Å². The van der Waals surface area contributed by atoms with Crippen molar-refractivity contribution >= 4 is 11.9 Å². The van der Waals surface area contributed by atoms with Gasteiger partial charge in [0.2, 0.25) is 0 Å². The number of benzene rings is 1. The van der Waals surface area contributed by atoms with Gasteiger partial charge in [-0.25, -0.2) is 0 Å². The Balaban J connectivity index is 2.37. The van der Waals surface area contributed by atoms with E-state index in [1.54, 1.807) is 0 Å². The van der Waals surface area contributed by atoms with Crippen LogP contribution in [0, 0.1) is 11.8 Å². The minimum Gasteiger partial charge on any atom is -0.468 e. The largest absolute Gasteiger partial charge is 0.468 e. The lowest BCUT2D eigenvalue weighted by Crippen LogP contribution is -2.40. The molecule has 2 rings (SSSR count). The molecule has 0 bridgehead atoms. The quantitative estimate of drug-likeness (QED) is 0.634. The molecule has 0 radical (unpaired) electrons. The molecule has 1 aromatic carbocycles. The van der Waals surface area contributed by atoms with Gasteiger partial charge in [0, 0.05) is 0 Å². The van der Waals surface area contributed by atoms with Crippen molar-refractivity contribution in [3.63, 3.8) is 0 Å². The van der Waals surface area contributed by atoms with Crippen LogP contribution in [0.3, 0.4) is 0 Å². The van der Waals surface area contributed by atoms with E-state index in [0.29, 0.717) is 6.42 Å². The summed E-state index contributed by atoms with van der Waals surface area (Å²) in [5.41, 5.74) is 2.39. The lowest BCUT2D eigenvalue weighted by atomic mass is 9.65. The fourth-order valence-electron chi connectivity index (χ4n) is 3.45. The Morgan fingerprint density at radius 3 is 2.29 bits per heavy atom. The highest BCUT2D eigenvalue weighted by molar-refractivity contribution is 5.95. The fraction of sp³-hybridized carbons (Fsp3) is 0.529. The molecule has 0 N–H and O–H groups in total. The normalized spacial score (nSPS) is 19.8. The molecule has 0 aliphatic heterocycles. The average Bonchev–Trinajstić information content (AvgIpc) is 2.46. The van der Waals surface area contributed by atoms with Crippen molar-refractivity contribution in [2.24, 2.45) is 11.8 Å². The second-order valence-corrected chi connectivity index (χ2v) is 6.23. The number of esters is 2. The zero-order chi connectivity index (χ0) is 15.6. The number of ether oxygens (including phenoxy) is 2. The van der Waals surface area contributed by atoms with Crippen molar-refractivity contribution in [2.75, 3.05) is 14.2 Å². The average molecular weight is 290 g/mol. The monoisotopic (exact) mass is 290 g/mol. The molecule has 1 aliphatic rings. The van der Waals surface area contributed by atoms with E-state index >= 15 is 0 Å². The lowest BCUT2D eigenvalue weighted by molar-refractivity contribution is -0.162. The molecule has 1 atom stereocenters. The highest BCUT2D eigenvalue weighted by Gasteiger charge is 2.43. The fourth-order valence-corrected chi connectivity index (χ4v) is 3.45. The maximum absolute atomic E-state index is 12.0. The zero-order valence-electron chi connectivity index (χ0n) is 13.0. The van der Waals surface area contributed by atoms with Crippen LogP contribution in [0.5, 0.6) is 0 Å². The number of hydrogen-bond donors (Lipinski definition) is 0. The van der Waals surface area contributed by atoms with E-state index in [4.69, 9.17) is 9.47 Å². The van der Waals surface area contributed by atoms with E-state index in [0.717, 1.165) is 6.42 Å². The molecule has 0 heterocycles. The summed E-state index contributed by atoms with van der Waals surface area (Å²) in [5.74, 6) is -1.98. The molecule has 0 amide bonds. The number of hydrogen-bond acceptors (Lipinski definition) is 4. The molecule has 0 saturated heterocycles. The second-order valence-electron chi connectivity index (χ2n) is 6.23. The number of rotatable bonds is 3. The van der Waals surface area contributed by atoms with Crippen LogP contribution in [0.25, 0.3) is 0 Å². The number of fused-ring (bicyclic) bond motifs is 1. The maximum Gasteiger partial charge on any atom is 0.320 e. The third-order valence-electron chi connectivity index (χ3n) is 4.38. The Morgan fingerprint density at radius 1 is 1.14 bits per heavy atom. The third-order valence-corrected chi connectivity index (χ3v) is 4.38. The van der Waals surface area contributed by atoms with Crippen LogP contribution >= 0.6 is 0 Å². The first kappa shape index (κ1) is 15.5. The predicted octanol–water partition coefficient (Wildman–Crippen LogP) is 2.49. The van der Waals surface area contributed by atoms with Gasteiger partial charge >= 0.3 is 11.9 Å². The Morgan fingerprint density at radius 2 is 1.71 bits per heavy atom. The summed E-state index contributed by atoms with van der Waals surface area (Å²) >= 11 is 0. The van der Waals surface area contributed by atoms with Crippen molar-refractivity contribution < 1.29 is 19.1 Å². The van der Waals surface area contributed by atoms with Gasteiger partial charge in [-0.05, 0) is 35.3 Å². The number of carbonyl (C=O) groups is 2. The van der Waals surface area contributed by atoms with Crippen molar-refractivity contribution in [1.29, 1.82) is 0 Å². The predicted molar refractivity (Wildman–Crippen MR) is 78.8 cm³/mol. The topological polar surface area (TPSA) is 52.6 Å². The van der Waals surface area contributed by atoms with Gasteiger partial charge in [-0.2, -0.15) is 0 Å². The summed E-state index contributed by atoms with van der Waals surface area (Å²) in [6.45, 7) is 4.28. The molecule has 4 nitrogen and oxygen atoms in total. The van der Waals surface area contributed by atoms with Crippen molar-refractivity contribution in [2.45, 2.75) is 32.1 Å². The molecule has 0 saturated carbocycles. The van der Waals surface area contributed by atoms with E-state index in [-0.39, 0.29) is 11.3 Å². The van der Waals surface area contributed by atoms with Crippen LogP contribution in [0.2, 0.25) is 0 Å². The Labute approximate surface area is 125 Å². The number of carbonyl (C=O) groups excluding carboxylic acids is 2. The minimum absolute atomic E-state index is 0.0835. The van der Waals surface area contributed by atoms with E-state index in [9.17, 15) is 9.59 Å². The van der Waals surface area contributed by atoms with E-state index in [2.05, 4.69) is 26.0 Å². The Hall–Kier alpha value is -1.84. The molecule has 1 aliphatic carbocycles. The van der Waals surface area contributed by atoms with Crippen LogP contribution in [-0.4, -0.2) is 26.2 Å². The summed E-state index contributed by atoms with van der Waals surface area (Å²) < 4.78 is 9.61. The molecule has 114 valence electrons. The highest BCUT2D eigenvalue weighted by atomic mass is 16.5. The first-order valence-corrected chi connectivity index (χ1v) is 7.14. The first-order valence-electron chi connectivity index (χ1n) is 7.14. The van der Waals surface area contributed by atoms with Crippen molar-refractivity contribution in [3.8, 4) is 0 Å². The molecular formula is C17H22O4. The summed E-state index contributed by atoms with van der Waals surface area (Å²) in [7, 11) is 2.61. The summed E-state index contributed by atoms with van der Waals surface area (Å²) in [5, 5.41) is 0. The molecule has 1 unspecified atom stereocenters. The third kappa shape index (κ3) is 2.94. The SMILES string of the molecule is COC(=O)C(C(=O)OC)C1Cc2ccccc2C(C)(C)C1. The van der Waals surface area contributed by atoms with Crippen molar-refractivity contribution in [1.82, 2.24) is 0 Å². The lowest BCUT2D eigenvalue weighted by Gasteiger charge is -2.39. The van der Waals surface area contributed by atoms with Gasteiger partial charge in [0.05, 0.1) is 14.2 Å². The second kappa shape index (κ2) is 5.88. The summed E-state index contributed by atoms with van der Waals surface area (Å²) in [4.78, 5) is 24.0. The highest BCUT2D eigenvalue weighted by Crippen LogP contribution is 2.42. The van der Waals surface area contributed by atoms with Crippen LogP contribution in [0.15, 0.2) is 24.3 Å². The zero-order valence-corrected chi connectivity index (χ0v) is 13.0. The molecule has 0 aromatic heterocycles. The van der Waals surface area contributed by atoms with Crippen LogP contribution in [-0.2, 0) is 30.9 Å². The first-order chi connectivity index (χ1) is 9.90. The van der Waals surface area contributed by atoms with Crippen molar-refractivity contribution in [3.05, 3.63) is 35.4 Å². The van der Waals surface area contributed by atoms with Gasteiger partial charge in [-0.15, -0.1) is 0 Å². The smallest absolute Gasteiger partial charge is 0.320 e. The molecule has 21 heavy (non-hydrogen) atoms. The minimum atomic E-state index is -0.854. The van der Waals surface area contributed by atoms with Gasteiger partial charge in [-0.3, -0.25) is 9.59 Å². The van der Waals surface area contributed by atoms with Gasteiger partial charge in [-0.1, -0.05) is 38.1 Å². The summed E-state index contributed by atoms with van der Waals surface area (Å²) in [6.07, 6.45) is 1.44. The molecule has 1 aromatic rings. The molecular weight excluding hydrogens is 268 g/mol. The standard InChI is InChI=1S/C17H22O4/c1-17(2)10-12(9-11-7-5-6-8-13(11)17)14(15(18)20-3)16(19)21-4/h5-8,12,14H,9-10H2,1-4H3. The van der Waals surface area contributed by atoms with Gasteiger partial charge in [0.1, 0.15) is 0 Å². The van der Waals surface area contributed by atoms with Gasteiger partial charge in [0.15, 0.2) is 5.92 Å². The van der Waals surface area contributed by atoms with Gasteiger partial charge < -0.3 is 9.47 Å². The van der Waals surface area contributed by atoms with Crippen LogP contribution in [0.1, 0.15) is 31.4 Å². The maximum atomic E-state index is 12.0. The van der Waals surface area contributed by atoms with Crippen LogP contribution in [0.4, 0.5) is 0 Å². The molecule has 4 heteroatoms. The van der Waals surface area contributed by atoms with E-state index in [1.807, 2.05) is 12.1 Å². The number of methoxy groups -OCH3 is 2. The van der Waals surface area contributed by atoms with Crippen LogP contribution < -0.4 is 0 Å². The van der Waals surface area contributed by atoms with E-state index < -0.39 is 17.9 Å². The Kier molecular flexibility index (Phi) is 4.35.